The Morgan fingerprint density at radius 3 is 2.30 bits per heavy atom. The van der Waals surface area contributed by atoms with E-state index in [1.807, 2.05) is 0 Å². The lowest BCUT2D eigenvalue weighted by Gasteiger charge is -2.14. The van der Waals surface area contributed by atoms with E-state index >= 15 is 0 Å². The molecule has 0 bridgehead atoms. The van der Waals surface area contributed by atoms with Crippen molar-refractivity contribution in [3.05, 3.63) is 29.8 Å². The Morgan fingerprint density at radius 2 is 1.80 bits per heavy atom. The summed E-state index contributed by atoms with van der Waals surface area (Å²) in [6.07, 6.45) is -4.52. The first-order valence-corrected chi connectivity index (χ1v) is 6.95. The smallest absolute Gasteiger partial charge is 0.416 e. The summed E-state index contributed by atoms with van der Waals surface area (Å²) in [7, 11) is 0. The highest BCUT2D eigenvalue weighted by atomic mass is 79.9. The van der Waals surface area contributed by atoms with Crippen molar-refractivity contribution in [2.24, 2.45) is 0 Å². The summed E-state index contributed by atoms with van der Waals surface area (Å²) in [5.41, 5.74) is -0.977. The van der Waals surface area contributed by atoms with Crippen LogP contribution in [0.1, 0.15) is 5.56 Å². The minimum absolute atomic E-state index is 0.0700. The average molecular weight is 419 g/mol. The van der Waals surface area contributed by atoms with E-state index in [0.29, 0.717) is 0 Å². The summed E-state index contributed by atoms with van der Waals surface area (Å²) in [5, 5.41) is 10.9. The number of carbonyl (C=O) groups excluding carboxylic acids is 1. The van der Waals surface area contributed by atoms with Crippen molar-refractivity contribution >= 4 is 49.4 Å². The molecular formula is C11H8Br2F3NO3. The third kappa shape index (κ3) is 4.48. The molecule has 2 N–H and O–H groups in total. The fraction of sp³-hybridized carbons (Fsp3) is 0.273. The highest BCUT2D eigenvalue weighted by molar-refractivity contribution is 9.12. The van der Waals surface area contributed by atoms with E-state index in [4.69, 9.17) is 5.11 Å². The zero-order valence-electron chi connectivity index (χ0n) is 9.62. The van der Waals surface area contributed by atoms with Gasteiger partial charge in [-0.3, -0.25) is 9.59 Å². The molecule has 0 heterocycles. The maximum atomic E-state index is 12.5. The van der Waals surface area contributed by atoms with Crippen LogP contribution in [0.5, 0.6) is 0 Å². The van der Waals surface area contributed by atoms with E-state index < -0.39 is 33.3 Å². The summed E-state index contributed by atoms with van der Waals surface area (Å²) in [6, 6.07) is 4.05. The second-order valence-electron chi connectivity index (χ2n) is 3.71. The molecule has 1 aromatic carbocycles. The van der Waals surface area contributed by atoms with Gasteiger partial charge in [-0.1, -0.05) is 37.9 Å². The normalized spacial score (nSPS) is 14.4. The van der Waals surface area contributed by atoms with E-state index in [1.54, 1.807) is 0 Å². The van der Waals surface area contributed by atoms with Gasteiger partial charge in [0.15, 0.2) is 0 Å². The lowest BCUT2D eigenvalue weighted by Crippen LogP contribution is -2.34. The van der Waals surface area contributed by atoms with Gasteiger partial charge >= 0.3 is 12.1 Å². The molecule has 0 saturated heterocycles. The first-order valence-electron chi connectivity index (χ1n) is 5.12. The highest BCUT2D eigenvalue weighted by Gasteiger charge is 2.32. The molecule has 20 heavy (non-hydrogen) atoms. The summed E-state index contributed by atoms with van der Waals surface area (Å²) in [4.78, 5) is 20.0. The average Bonchev–Trinajstić information content (AvgIpc) is 2.36. The first kappa shape index (κ1) is 17.0. The van der Waals surface area contributed by atoms with E-state index in [1.165, 1.54) is 6.07 Å². The molecule has 0 fully saturated rings. The van der Waals surface area contributed by atoms with Gasteiger partial charge in [-0.2, -0.15) is 13.2 Å². The molecule has 0 saturated carbocycles. The van der Waals surface area contributed by atoms with Crippen molar-refractivity contribution < 1.29 is 27.9 Å². The Kier molecular flexibility index (Phi) is 5.58. The number of hydrogen-bond donors (Lipinski definition) is 2. The number of rotatable bonds is 4. The number of amides is 1. The number of halogens is 5. The van der Waals surface area contributed by atoms with Crippen LogP contribution in [0.15, 0.2) is 24.3 Å². The summed E-state index contributed by atoms with van der Waals surface area (Å²) in [5.74, 6) is -2.04. The Balaban J connectivity index is 2.84. The molecule has 110 valence electrons. The van der Waals surface area contributed by atoms with Crippen LogP contribution in [-0.2, 0) is 15.8 Å². The van der Waals surface area contributed by atoms with Crippen molar-refractivity contribution in [1.29, 1.82) is 0 Å². The van der Waals surface area contributed by atoms with Crippen molar-refractivity contribution in [2.45, 2.75) is 15.8 Å². The predicted octanol–water partition coefficient (Wildman–Crippen LogP) is 3.26. The molecule has 0 spiro atoms. The highest BCUT2D eigenvalue weighted by Crippen LogP contribution is 2.30. The number of hydrogen-bond acceptors (Lipinski definition) is 2. The Bertz CT molecular complexity index is 522. The van der Waals surface area contributed by atoms with E-state index in [0.717, 1.165) is 18.2 Å². The summed E-state index contributed by atoms with van der Waals surface area (Å²) >= 11 is 5.64. The zero-order valence-corrected chi connectivity index (χ0v) is 12.8. The number of anilines is 1. The van der Waals surface area contributed by atoms with Crippen LogP contribution in [0.3, 0.4) is 0 Å². The number of benzene rings is 1. The number of alkyl halides is 5. The maximum absolute atomic E-state index is 12.5. The molecule has 0 aliphatic rings. The number of carbonyl (C=O) groups is 2. The molecule has 0 aliphatic carbocycles. The van der Waals surface area contributed by atoms with Crippen molar-refractivity contribution in [3.63, 3.8) is 0 Å². The number of aliphatic carboxylic acids is 1. The van der Waals surface area contributed by atoms with Crippen LogP contribution in [0.2, 0.25) is 0 Å². The van der Waals surface area contributed by atoms with Crippen LogP contribution >= 0.6 is 31.9 Å². The van der Waals surface area contributed by atoms with Gasteiger partial charge in [0.05, 0.1) is 5.56 Å². The largest absolute Gasteiger partial charge is 0.480 e. The number of carboxylic acid groups (broad SMARTS) is 1. The standard InChI is InChI=1S/C11H8Br2F3NO3/c12-7(8(13)10(19)20)9(18)17-6-3-1-2-5(4-6)11(14,15)16/h1-4,7-8H,(H,17,18)(H,19,20)/t7-,8+/m1/s1. The fourth-order valence-electron chi connectivity index (χ4n) is 1.24. The molecule has 1 rings (SSSR count). The van der Waals surface area contributed by atoms with Gasteiger partial charge in [0.25, 0.3) is 0 Å². The zero-order chi connectivity index (χ0) is 15.5. The minimum atomic E-state index is -4.52. The molecule has 2 atom stereocenters. The monoisotopic (exact) mass is 417 g/mol. The maximum Gasteiger partial charge on any atom is 0.416 e. The minimum Gasteiger partial charge on any atom is -0.480 e. The third-order valence-electron chi connectivity index (χ3n) is 2.20. The number of nitrogens with one attached hydrogen (secondary N) is 1. The molecule has 0 aromatic heterocycles. The Morgan fingerprint density at radius 1 is 1.20 bits per heavy atom. The van der Waals surface area contributed by atoms with Gasteiger partial charge in [-0.15, -0.1) is 0 Å². The van der Waals surface area contributed by atoms with Crippen molar-refractivity contribution in [1.82, 2.24) is 0 Å². The van der Waals surface area contributed by atoms with Crippen molar-refractivity contribution in [2.75, 3.05) is 5.32 Å². The van der Waals surface area contributed by atoms with Gasteiger partial charge in [0, 0.05) is 5.69 Å². The van der Waals surface area contributed by atoms with Gasteiger partial charge in [-0.25, -0.2) is 0 Å². The van der Waals surface area contributed by atoms with Gasteiger partial charge in [-0.05, 0) is 18.2 Å². The van der Waals surface area contributed by atoms with Gasteiger partial charge in [0.1, 0.15) is 9.65 Å². The molecular weight excluding hydrogens is 411 g/mol. The SMILES string of the molecule is O=C(O)[C@@H](Br)[C@@H](Br)C(=O)Nc1cccc(C(F)(F)F)c1. The van der Waals surface area contributed by atoms with E-state index in [2.05, 4.69) is 37.2 Å². The van der Waals surface area contributed by atoms with Gasteiger partial charge < -0.3 is 10.4 Å². The Hall–Kier alpha value is -1.09. The van der Waals surface area contributed by atoms with Crippen LogP contribution in [0.25, 0.3) is 0 Å². The summed E-state index contributed by atoms with van der Waals surface area (Å²) < 4.78 is 37.5. The molecule has 4 nitrogen and oxygen atoms in total. The molecule has 0 radical (unpaired) electrons. The van der Waals surface area contributed by atoms with Crippen molar-refractivity contribution in [3.8, 4) is 0 Å². The topological polar surface area (TPSA) is 66.4 Å². The first-order chi connectivity index (χ1) is 9.12. The Labute approximate surface area is 128 Å². The molecule has 0 aliphatic heterocycles. The van der Waals surface area contributed by atoms with Crippen LogP contribution < -0.4 is 5.32 Å². The lowest BCUT2D eigenvalue weighted by molar-refractivity contribution is -0.138. The van der Waals surface area contributed by atoms with E-state index in [9.17, 15) is 22.8 Å². The molecule has 9 heteroatoms. The molecule has 0 unspecified atom stereocenters. The third-order valence-corrected chi connectivity index (χ3v) is 4.78. The fourth-order valence-corrected chi connectivity index (χ4v) is 1.82. The predicted molar refractivity (Wildman–Crippen MR) is 73.1 cm³/mol. The van der Waals surface area contributed by atoms with Crippen LogP contribution in [0, 0.1) is 0 Å². The van der Waals surface area contributed by atoms with E-state index in [-0.39, 0.29) is 5.69 Å². The molecule has 1 amide bonds. The molecule has 1 aromatic rings. The quantitative estimate of drug-likeness (QED) is 0.737. The lowest BCUT2D eigenvalue weighted by atomic mass is 10.2. The van der Waals surface area contributed by atoms with Crippen LogP contribution in [-0.4, -0.2) is 26.6 Å². The van der Waals surface area contributed by atoms with Gasteiger partial charge in [0.2, 0.25) is 5.91 Å². The second-order valence-corrected chi connectivity index (χ2v) is 5.68. The van der Waals surface area contributed by atoms with Crippen LogP contribution in [0.4, 0.5) is 18.9 Å². The summed E-state index contributed by atoms with van der Waals surface area (Å²) in [6.45, 7) is 0. The second kappa shape index (κ2) is 6.57. The number of carboxylic acids is 1.